The van der Waals surface area contributed by atoms with Gasteiger partial charge in [-0.15, -0.1) is 0 Å². The maximum atomic E-state index is 4.89. The Morgan fingerprint density at radius 3 is 2.71 bits per heavy atom. The zero-order chi connectivity index (χ0) is 10.1. The summed E-state index contributed by atoms with van der Waals surface area (Å²) in [6.45, 7) is 2.04. The molecule has 0 atom stereocenters. The van der Waals surface area contributed by atoms with Crippen molar-refractivity contribution in [3.63, 3.8) is 0 Å². The molecule has 72 valence electrons. The van der Waals surface area contributed by atoms with Crippen LogP contribution in [0.25, 0.3) is 11.4 Å². The fourth-order valence-electron chi connectivity index (χ4n) is 1.21. The molecule has 3 nitrogen and oxygen atoms in total. The van der Waals surface area contributed by atoms with E-state index in [1.165, 1.54) is 5.56 Å². The molecule has 0 saturated carbocycles. The molecule has 1 aromatic carbocycles. The van der Waals surface area contributed by atoms with Crippen LogP contribution in [0.4, 0.5) is 0 Å². The summed E-state index contributed by atoms with van der Waals surface area (Å²) in [5.41, 5.74) is 2.21. The van der Waals surface area contributed by atoms with E-state index in [0.29, 0.717) is 4.77 Å². The van der Waals surface area contributed by atoms with Gasteiger partial charge in [0.25, 0.3) is 0 Å². The Kier molecular flexibility index (Phi) is 2.52. The van der Waals surface area contributed by atoms with E-state index in [-0.39, 0.29) is 0 Å². The highest BCUT2D eigenvalue weighted by atomic mass is 79.9. The van der Waals surface area contributed by atoms with E-state index in [1.807, 2.05) is 25.1 Å². The van der Waals surface area contributed by atoms with Crippen LogP contribution in [0.3, 0.4) is 0 Å². The van der Waals surface area contributed by atoms with E-state index >= 15 is 0 Å². The van der Waals surface area contributed by atoms with Crippen LogP contribution < -0.4 is 0 Å². The predicted octanol–water partition coefficient (Wildman–Crippen LogP) is 3.21. The van der Waals surface area contributed by atoms with Gasteiger partial charge in [0.2, 0.25) is 4.77 Å². The Morgan fingerprint density at radius 1 is 1.36 bits per heavy atom. The van der Waals surface area contributed by atoms with Crippen molar-refractivity contribution in [2.75, 3.05) is 0 Å². The number of aryl methyl sites for hydroxylation is 1. The van der Waals surface area contributed by atoms with Gasteiger partial charge < -0.3 is 0 Å². The van der Waals surface area contributed by atoms with E-state index in [9.17, 15) is 0 Å². The first-order valence-electron chi connectivity index (χ1n) is 4.08. The molecule has 0 fully saturated rings. The fourth-order valence-corrected chi connectivity index (χ4v) is 2.03. The molecule has 0 aliphatic heterocycles. The molecule has 0 radical (unpaired) electrons. The number of hydrogen-bond donors (Lipinski definition) is 2. The largest absolute Gasteiger partial charge is 0.282 e. The molecular formula is C9H8BrN3S. The Morgan fingerprint density at radius 2 is 2.14 bits per heavy atom. The third-order valence-electron chi connectivity index (χ3n) is 1.88. The number of rotatable bonds is 1. The lowest BCUT2D eigenvalue weighted by atomic mass is 10.1. The third-order valence-corrected chi connectivity index (χ3v) is 2.73. The average Bonchev–Trinajstić information content (AvgIpc) is 2.51. The quantitative estimate of drug-likeness (QED) is 0.781. The van der Waals surface area contributed by atoms with Crippen LogP contribution in [0.1, 0.15) is 5.56 Å². The van der Waals surface area contributed by atoms with Gasteiger partial charge in [-0.3, -0.25) is 10.2 Å². The van der Waals surface area contributed by atoms with Crippen molar-refractivity contribution in [3.05, 3.63) is 33.0 Å². The number of benzene rings is 1. The van der Waals surface area contributed by atoms with Crippen LogP contribution in [-0.2, 0) is 0 Å². The summed E-state index contributed by atoms with van der Waals surface area (Å²) in [5.74, 6) is 0.752. The van der Waals surface area contributed by atoms with Crippen molar-refractivity contribution in [2.24, 2.45) is 0 Å². The first-order chi connectivity index (χ1) is 6.66. The minimum absolute atomic E-state index is 0.465. The lowest BCUT2D eigenvalue weighted by molar-refractivity contribution is 1.08. The molecule has 0 bridgehead atoms. The van der Waals surface area contributed by atoms with Gasteiger partial charge in [-0.1, -0.05) is 22.0 Å². The molecule has 2 rings (SSSR count). The van der Waals surface area contributed by atoms with E-state index in [0.717, 1.165) is 15.9 Å². The fraction of sp³-hybridized carbons (Fsp3) is 0.111. The SMILES string of the molecule is Cc1ccc(-c2nc(=S)[nH][nH]2)c(Br)c1. The molecule has 2 N–H and O–H groups in total. The maximum Gasteiger partial charge on any atom is 0.213 e. The highest BCUT2D eigenvalue weighted by molar-refractivity contribution is 9.10. The van der Waals surface area contributed by atoms with Crippen molar-refractivity contribution < 1.29 is 0 Å². The number of nitrogens with one attached hydrogen (secondary N) is 2. The Balaban J connectivity index is 2.57. The number of aromatic nitrogens is 3. The Bertz CT molecular complexity index is 515. The van der Waals surface area contributed by atoms with Crippen molar-refractivity contribution in [1.29, 1.82) is 0 Å². The minimum atomic E-state index is 0.465. The molecule has 0 unspecified atom stereocenters. The van der Waals surface area contributed by atoms with Gasteiger partial charge >= 0.3 is 0 Å². The topological polar surface area (TPSA) is 44.5 Å². The minimum Gasteiger partial charge on any atom is -0.282 e. The second-order valence-corrected chi connectivity index (χ2v) is 4.24. The predicted molar refractivity (Wildman–Crippen MR) is 61.6 cm³/mol. The van der Waals surface area contributed by atoms with E-state index in [1.54, 1.807) is 0 Å². The summed E-state index contributed by atoms with van der Waals surface area (Å²) >= 11 is 8.37. The molecule has 1 heterocycles. The monoisotopic (exact) mass is 269 g/mol. The molecule has 14 heavy (non-hydrogen) atoms. The van der Waals surface area contributed by atoms with Crippen LogP contribution in [-0.4, -0.2) is 15.2 Å². The van der Waals surface area contributed by atoms with Crippen LogP contribution in [0, 0.1) is 11.7 Å². The highest BCUT2D eigenvalue weighted by Crippen LogP contribution is 2.25. The van der Waals surface area contributed by atoms with E-state index in [4.69, 9.17) is 12.2 Å². The number of H-pyrrole nitrogens is 2. The summed E-state index contributed by atoms with van der Waals surface area (Å²) in [4.78, 5) is 4.15. The highest BCUT2D eigenvalue weighted by Gasteiger charge is 2.05. The zero-order valence-corrected chi connectivity index (χ0v) is 9.87. The average molecular weight is 270 g/mol. The standard InChI is InChI=1S/C9H8BrN3S/c1-5-2-3-6(7(10)4-5)8-11-9(14)13-12-8/h2-4H,1H3,(H2,11,12,13,14). The first-order valence-corrected chi connectivity index (χ1v) is 5.28. The lowest BCUT2D eigenvalue weighted by Crippen LogP contribution is -1.83. The second-order valence-electron chi connectivity index (χ2n) is 3.00. The van der Waals surface area contributed by atoms with Crippen LogP contribution in [0.5, 0.6) is 0 Å². The Hall–Kier alpha value is -0.940. The summed E-state index contributed by atoms with van der Waals surface area (Å²) in [5, 5.41) is 5.68. The Labute approximate surface area is 94.7 Å². The van der Waals surface area contributed by atoms with Gasteiger partial charge in [-0.2, -0.15) is 4.98 Å². The lowest BCUT2D eigenvalue weighted by Gasteiger charge is -2.00. The molecule has 0 spiro atoms. The van der Waals surface area contributed by atoms with Gasteiger partial charge in [-0.25, -0.2) is 0 Å². The zero-order valence-electron chi connectivity index (χ0n) is 7.47. The van der Waals surface area contributed by atoms with Crippen molar-refractivity contribution in [2.45, 2.75) is 6.92 Å². The smallest absolute Gasteiger partial charge is 0.213 e. The molecule has 0 amide bonds. The van der Waals surface area contributed by atoms with Gasteiger partial charge in [0.05, 0.1) is 0 Å². The van der Waals surface area contributed by atoms with Crippen LogP contribution >= 0.6 is 28.1 Å². The van der Waals surface area contributed by atoms with Crippen molar-refractivity contribution in [3.8, 4) is 11.4 Å². The molecule has 1 aromatic heterocycles. The van der Waals surface area contributed by atoms with Gasteiger partial charge in [-0.05, 0) is 36.8 Å². The van der Waals surface area contributed by atoms with Gasteiger partial charge in [0, 0.05) is 10.0 Å². The van der Waals surface area contributed by atoms with Crippen molar-refractivity contribution >= 4 is 28.1 Å². The number of nitrogens with zero attached hydrogens (tertiary/aromatic N) is 1. The van der Waals surface area contributed by atoms with Gasteiger partial charge in [0.15, 0.2) is 5.82 Å². The molecule has 5 heteroatoms. The third kappa shape index (κ3) is 1.78. The summed E-state index contributed by atoms with van der Waals surface area (Å²) in [7, 11) is 0. The first kappa shape index (κ1) is 9.61. The van der Waals surface area contributed by atoms with E-state index in [2.05, 4.69) is 31.1 Å². The summed E-state index contributed by atoms with van der Waals surface area (Å²) < 4.78 is 1.47. The summed E-state index contributed by atoms with van der Waals surface area (Å²) in [6, 6.07) is 6.08. The molecule has 2 aromatic rings. The number of hydrogen-bond acceptors (Lipinski definition) is 2. The molecule has 0 aliphatic carbocycles. The van der Waals surface area contributed by atoms with Crippen molar-refractivity contribution in [1.82, 2.24) is 15.2 Å². The molecular weight excluding hydrogens is 262 g/mol. The van der Waals surface area contributed by atoms with E-state index < -0.39 is 0 Å². The van der Waals surface area contributed by atoms with Gasteiger partial charge in [0.1, 0.15) is 0 Å². The molecule has 0 saturated heterocycles. The summed E-state index contributed by atoms with van der Waals surface area (Å²) in [6.07, 6.45) is 0. The number of aromatic amines is 2. The second kappa shape index (κ2) is 3.67. The normalized spacial score (nSPS) is 10.4. The van der Waals surface area contributed by atoms with Crippen LogP contribution in [0.15, 0.2) is 22.7 Å². The number of halogens is 1. The maximum absolute atomic E-state index is 4.89. The van der Waals surface area contributed by atoms with Crippen LogP contribution in [0.2, 0.25) is 0 Å². The molecule has 0 aliphatic rings.